The summed E-state index contributed by atoms with van der Waals surface area (Å²) in [5.74, 6) is 0. The fourth-order valence-electron chi connectivity index (χ4n) is 2.66. The van der Waals surface area contributed by atoms with Gasteiger partial charge in [0.15, 0.2) is 0 Å². The minimum atomic E-state index is 0.275. The number of rotatable bonds is 3. The molecule has 2 atom stereocenters. The lowest BCUT2D eigenvalue weighted by Crippen LogP contribution is -2.35. The standard InChI is InChI=1S/C14H22N2S/c1-10(2)16-9-8-13(15)14(16)11-4-6-12(17-3)7-5-11/h4-7,10,13-14H,8-9,15H2,1-3H3. The largest absolute Gasteiger partial charge is 0.326 e. The molecule has 1 aliphatic heterocycles. The minimum Gasteiger partial charge on any atom is -0.326 e. The zero-order chi connectivity index (χ0) is 12.4. The van der Waals surface area contributed by atoms with E-state index in [9.17, 15) is 0 Å². The van der Waals surface area contributed by atoms with E-state index in [4.69, 9.17) is 5.73 Å². The van der Waals surface area contributed by atoms with Crippen LogP contribution in [0.2, 0.25) is 0 Å². The number of nitrogens with zero attached hydrogens (tertiary/aromatic N) is 1. The maximum absolute atomic E-state index is 6.26. The topological polar surface area (TPSA) is 29.3 Å². The van der Waals surface area contributed by atoms with Crippen LogP contribution in [0.4, 0.5) is 0 Å². The van der Waals surface area contributed by atoms with E-state index in [0.29, 0.717) is 12.1 Å². The Kier molecular flexibility index (Phi) is 4.13. The molecule has 2 nitrogen and oxygen atoms in total. The van der Waals surface area contributed by atoms with Gasteiger partial charge in [0.1, 0.15) is 0 Å². The quantitative estimate of drug-likeness (QED) is 0.836. The molecule has 0 saturated carbocycles. The Morgan fingerprint density at radius 3 is 2.47 bits per heavy atom. The zero-order valence-corrected chi connectivity index (χ0v) is 11.7. The third-order valence-corrected chi connectivity index (χ3v) is 4.35. The molecule has 3 heteroatoms. The van der Waals surface area contributed by atoms with Crippen molar-refractivity contribution in [3.8, 4) is 0 Å². The predicted molar refractivity (Wildman–Crippen MR) is 75.4 cm³/mol. The molecule has 1 aromatic carbocycles. The molecule has 2 rings (SSSR count). The molecule has 1 aromatic rings. The monoisotopic (exact) mass is 250 g/mol. The van der Waals surface area contributed by atoms with E-state index in [0.717, 1.165) is 13.0 Å². The van der Waals surface area contributed by atoms with Crippen LogP contribution in [-0.4, -0.2) is 29.8 Å². The summed E-state index contributed by atoms with van der Waals surface area (Å²) in [6.45, 7) is 5.62. The average molecular weight is 250 g/mol. The second kappa shape index (κ2) is 5.42. The van der Waals surface area contributed by atoms with Crippen molar-refractivity contribution in [1.82, 2.24) is 4.90 Å². The third kappa shape index (κ3) is 2.67. The summed E-state index contributed by atoms with van der Waals surface area (Å²) in [7, 11) is 0. The summed E-state index contributed by atoms with van der Waals surface area (Å²) in [4.78, 5) is 3.83. The molecule has 0 aromatic heterocycles. The first-order valence-electron chi connectivity index (χ1n) is 6.28. The van der Waals surface area contributed by atoms with Crippen LogP contribution in [0.5, 0.6) is 0 Å². The van der Waals surface area contributed by atoms with Crippen LogP contribution in [-0.2, 0) is 0 Å². The Morgan fingerprint density at radius 1 is 1.29 bits per heavy atom. The summed E-state index contributed by atoms with van der Waals surface area (Å²) in [5.41, 5.74) is 7.63. The van der Waals surface area contributed by atoms with E-state index in [1.54, 1.807) is 11.8 Å². The number of likely N-dealkylation sites (tertiary alicyclic amines) is 1. The summed E-state index contributed by atoms with van der Waals surface area (Å²) >= 11 is 1.78. The van der Waals surface area contributed by atoms with Crippen molar-refractivity contribution in [2.75, 3.05) is 12.8 Å². The fourth-order valence-corrected chi connectivity index (χ4v) is 3.07. The van der Waals surface area contributed by atoms with E-state index in [-0.39, 0.29) is 6.04 Å². The number of hydrogen-bond donors (Lipinski definition) is 1. The highest BCUT2D eigenvalue weighted by atomic mass is 32.2. The number of benzene rings is 1. The predicted octanol–water partition coefficient (Wildman–Crippen LogP) is 2.89. The molecule has 1 heterocycles. The number of thioether (sulfide) groups is 1. The molecule has 2 unspecified atom stereocenters. The molecule has 17 heavy (non-hydrogen) atoms. The Labute approximate surface area is 109 Å². The van der Waals surface area contributed by atoms with Crippen molar-refractivity contribution in [3.05, 3.63) is 29.8 Å². The molecule has 1 aliphatic rings. The Bertz CT molecular complexity index is 361. The maximum Gasteiger partial charge on any atom is 0.0502 e. The van der Waals surface area contributed by atoms with Gasteiger partial charge in [0, 0.05) is 23.5 Å². The van der Waals surface area contributed by atoms with Crippen LogP contribution in [0, 0.1) is 0 Å². The van der Waals surface area contributed by atoms with Crippen molar-refractivity contribution in [3.63, 3.8) is 0 Å². The molecule has 2 N–H and O–H groups in total. The summed E-state index contributed by atoms with van der Waals surface area (Å²) in [6, 6.07) is 10.1. The van der Waals surface area contributed by atoms with Crippen LogP contribution in [0.25, 0.3) is 0 Å². The van der Waals surface area contributed by atoms with E-state index < -0.39 is 0 Å². The van der Waals surface area contributed by atoms with Gasteiger partial charge in [-0.15, -0.1) is 11.8 Å². The Balaban J connectivity index is 2.23. The summed E-state index contributed by atoms with van der Waals surface area (Å²) in [5, 5.41) is 0. The highest BCUT2D eigenvalue weighted by Crippen LogP contribution is 2.33. The van der Waals surface area contributed by atoms with Gasteiger partial charge in [-0.1, -0.05) is 12.1 Å². The molecular weight excluding hydrogens is 228 g/mol. The molecule has 0 aliphatic carbocycles. The van der Waals surface area contributed by atoms with E-state index >= 15 is 0 Å². The van der Waals surface area contributed by atoms with Crippen LogP contribution >= 0.6 is 11.8 Å². The van der Waals surface area contributed by atoms with Crippen molar-refractivity contribution in [2.24, 2.45) is 5.73 Å². The van der Waals surface area contributed by atoms with Crippen LogP contribution < -0.4 is 5.73 Å². The van der Waals surface area contributed by atoms with Gasteiger partial charge in [-0.05, 0) is 44.2 Å². The lowest BCUT2D eigenvalue weighted by molar-refractivity contribution is 0.198. The van der Waals surface area contributed by atoms with Crippen molar-refractivity contribution < 1.29 is 0 Å². The molecular formula is C14H22N2S. The van der Waals surface area contributed by atoms with Gasteiger partial charge in [-0.3, -0.25) is 4.90 Å². The van der Waals surface area contributed by atoms with E-state index in [1.165, 1.54) is 10.5 Å². The van der Waals surface area contributed by atoms with Crippen LogP contribution in [0.15, 0.2) is 29.2 Å². The van der Waals surface area contributed by atoms with Gasteiger partial charge in [0.05, 0.1) is 6.04 Å². The molecule has 1 saturated heterocycles. The van der Waals surface area contributed by atoms with Crippen molar-refractivity contribution >= 4 is 11.8 Å². The zero-order valence-electron chi connectivity index (χ0n) is 10.9. The molecule has 0 bridgehead atoms. The van der Waals surface area contributed by atoms with Crippen molar-refractivity contribution in [2.45, 2.75) is 43.3 Å². The van der Waals surface area contributed by atoms with Crippen LogP contribution in [0.3, 0.4) is 0 Å². The second-order valence-electron chi connectivity index (χ2n) is 5.00. The van der Waals surface area contributed by atoms with E-state index in [2.05, 4.69) is 49.3 Å². The third-order valence-electron chi connectivity index (χ3n) is 3.60. The fraction of sp³-hybridized carbons (Fsp3) is 0.571. The van der Waals surface area contributed by atoms with Gasteiger partial charge in [-0.25, -0.2) is 0 Å². The van der Waals surface area contributed by atoms with Crippen molar-refractivity contribution in [1.29, 1.82) is 0 Å². The SMILES string of the molecule is CSc1ccc(C2C(N)CCN2C(C)C)cc1. The van der Waals surface area contributed by atoms with Gasteiger partial charge >= 0.3 is 0 Å². The first kappa shape index (κ1) is 12.9. The smallest absolute Gasteiger partial charge is 0.0502 e. The minimum absolute atomic E-state index is 0.275. The highest BCUT2D eigenvalue weighted by Gasteiger charge is 2.34. The molecule has 0 spiro atoms. The van der Waals surface area contributed by atoms with Crippen LogP contribution in [0.1, 0.15) is 31.9 Å². The van der Waals surface area contributed by atoms with Gasteiger partial charge in [0.2, 0.25) is 0 Å². The van der Waals surface area contributed by atoms with Gasteiger partial charge in [-0.2, -0.15) is 0 Å². The van der Waals surface area contributed by atoms with Gasteiger partial charge in [0.25, 0.3) is 0 Å². The molecule has 1 fully saturated rings. The maximum atomic E-state index is 6.26. The molecule has 94 valence electrons. The number of hydrogen-bond acceptors (Lipinski definition) is 3. The second-order valence-corrected chi connectivity index (χ2v) is 5.88. The molecule has 0 amide bonds. The summed E-state index contributed by atoms with van der Waals surface area (Å²) < 4.78 is 0. The average Bonchev–Trinajstić information content (AvgIpc) is 2.71. The molecule has 0 radical (unpaired) electrons. The Morgan fingerprint density at radius 2 is 1.94 bits per heavy atom. The number of nitrogens with two attached hydrogens (primary N) is 1. The Hall–Kier alpha value is -0.510. The first-order chi connectivity index (χ1) is 8.13. The van der Waals surface area contributed by atoms with E-state index in [1.807, 2.05) is 0 Å². The highest BCUT2D eigenvalue weighted by molar-refractivity contribution is 7.98. The lowest BCUT2D eigenvalue weighted by atomic mass is 10.0. The lowest BCUT2D eigenvalue weighted by Gasteiger charge is -2.30. The summed E-state index contributed by atoms with van der Waals surface area (Å²) in [6.07, 6.45) is 3.21. The normalized spacial score (nSPS) is 25.7. The first-order valence-corrected chi connectivity index (χ1v) is 7.51. The van der Waals surface area contributed by atoms with Gasteiger partial charge < -0.3 is 5.73 Å².